The molecule has 3 nitrogen and oxygen atoms in total. The van der Waals surface area contributed by atoms with Gasteiger partial charge in [0.15, 0.2) is 0 Å². The van der Waals surface area contributed by atoms with Crippen LogP contribution in [0.4, 0.5) is 0 Å². The van der Waals surface area contributed by atoms with Crippen molar-refractivity contribution in [2.75, 3.05) is 12.3 Å². The van der Waals surface area contributed by atoms with Crippen LogP contribution in [0.25, 0.3) is 0 Å². The number of aromatic nitrogens is 2. The summed E-state index contributed by atoms with van der Waals surface area (Å²) in [4.78, 5) is 8.50. The van der Waals surface area contributed by atoms with Gasteiger partial charge in [-0.25, -0.2) is 0 Å². The van der Waals surface area contributed by atoms with Crippen LogP contribution in [0.3, 0.4) is 0 Å². The molecule has 0 aromatic carbocycles. The first kappa shape index (κ1) is 13.5. The Morgan fingerprint density at radius 1 is 1.38 bits per heavy atom. The zero-order valence-electron chi connectivity index (χ0n) is 10.3. The van der Waals surface area contributed by atoms with Crippen LogP contribution >= 0.6 is 11.8 Å². The molecule has 1 atom stereocenters. The molecule has 0 saturated carbocycles. The van der Waals surface area contributed by atoms with Crippen LogP contribution in [0.2, 0.25) is 0 Å². The van der Waals surface area contributed by atoms with E-state index in [1.807, 2.05) is 18.0 Å². The van der Waals surface area contributed by atoms with Crippen molar-refractivity contribution in [2.45, 2.75) is 38.5 Å². The van der Waals surface area contributed by atoms with E-state index < -0.39 is 0 Å². The summed E-state index contributed by atoms with van der Waals surface area (Å²) in [6, 6.07) is 0.320. The van der Waals surface area contributed by atoms with Gasteiger partial charge in [0.25, 0.3) is 0 Å². The fourth-order valence-electron chi connectivity index (χ4n) is 1.35. The zero-order valence-corrected chi connectivity index (χ0v) is 11.1. The average molecular weight is 239 g/mol. The number of hydrogen-bond donors (Lipinski definition) is 1. The van der Waals surface area contributed by atoms with Gasteiger partial charge in [-0.15, -0.1) is 0 Å². The molecule has 0 fully saturated rings. The summed E-state index contributed by atoms with van der Waals surface area (Å²) in [7, 11) is 0. The van der Waals surface area contributed by atoms with Gasteiger partial charge >= 0.3 is 0 Å². The van der Waals surface area contributed by atoms with Crippen LogP contribution in [0, 0.1) is 0 Å². The fraction of sp³-hybridized carbons (Fsp3) is 0.667. The number of hydrogen-bond acceptors (Lipinski definition) is 4. The van der Waals surface area contributed by atoms with E-state index in [9.17, 15) is 0 Å². The lowest BCUT2D eigenvalue weighted by Gasteiger charge is -2.18. The van der Waals surface area contributed by atoms with Crippen molar-refractivity contribution in [3.63, 3.8) is 0 Å². The summed E-state index contributed by atoms with van der Waals surface area (Å²) in [5, 5.41) is 4.17. The summed E-state index contributed by atoms with van der Waals surface area (Å²) in [5.41, 5.74) is 1.05. The molecule has 0 aliphatic carbocycles. The van der Waals surface area contributed by atoms with Crippen molar-refractivity contribution in [1.82, 2.24) is 15.3 Å². The lowest BCUT2D eigenvalue weighted by atomic mass is 10.2. The number of nitrogens with one attached hydrogen (secondary N) is 1. The van der Waals surface area contributed by atoms with Gasteiger partial charge in [-0.05, 0) is 18.2 Å². The van der Waals surface area contributed by atoms with Gasteiger partial charge in [0.1, 0.15) is 0 Å². The molecule has 0 spiro atoms. The average Bonchev–Trinajstić information content (AvgIpc) is 2.30. The second-order valence-electron chi connectivity index (χ2n) is 4.02. The Bertz CT molecular complexity index is 277. The van der Waals surface area contributed by atoms with E-state index in [0.29, 0.717) is 11.3 Å². The number of nitrogens with zero attached hydrogens (tertiary/aromatic N) is 2. The van der Waals surface area contributed by atoms with E-state index in [0.717, 1.165) is 24.4 Å². The maximum absolute atomic E-state index is 4.37. The Kier molecular flexibility index (Phi) is 6.42. The van der Waals surface area contributed by atoms with Gasteiger partial charge in [-0.2, -0.15) is 11.8 Å². The molecule has 0 radical (unpaired) electrons. The van der Waals surface area contributed by atoms with E-state index in [4.69, 9.17) is 0 Å². The van der Waals surface area contributed by atoms with Gasteiger partial charge < -0.3 is 5.32 Å². The van der Waals surface area contributed by atoms with Crippen molar-refractivity contribution in [3.05, 3.63) is 24.3 Å². The van der Waals surface area contributed by atoms with Crippen LogP contribution in [0.1, 0.15) is 38.9 Å². The normalized spacial score (nSPS) is 13.0. The molecule has 0 amide bonds. The maximum atomic E-state index is 4.37. The number of rotatable bonds is 7. The van der Waals surface area contributed by atoms with Gasteiger partial charge in [0.05, 0.1) is 11.7 Å². The van der Waals surface area contributed by atoms with E-state index >= 15 is 0 Å². The third-order valence-corrected chi connectivity index (χ3v) is 3.37. The highest BCUT2D eigenvalue weighted by Crippen LogP contribution is 2.19. The molecule has 1 rings (SSSR count). The predicted molar refractivity (Wildman–Crippen MR) is 70.7 cm³/mol. The molecule has 4 heteroatoms. The van der Waals surface area contributed by atoms with Crippen LogP contribution in [-0.4, -0.2) is 27.5 Å². The Morgan fingerprint density at radius 3 is 2.75 bits per heavy atom. The largest absolute Gasteiger partial charge is 0.308 e. The molecule has 0 aliphatic heterocycles. The second kappa shape index (κ2) is 7.63. The third-order valence-electron chi connectivity index (χ3n) is 2.18. The molecule has 1 aromatic heterocycles. The quantitative estimate of drug-likeness (QED) is 0.794. The Hall–Kier alpha value is -0.610. The first-order valence-electron chi connectivity index (χ1n) is 5.85. The van der Waals surface area contributed by atoms with E-state index in [1.54, 1.807) is 12.4 Å². The minimum atomic E-state index is 0.320. The van der Waals surface area contributed by atoms with E-state index in [2.05, 4.69) is 36.1 Å². The molecule has 1 unspecified atom stereocenters. The SMILES string of the molecule is CCCNC(CSC(C)C)c1cnccn1. The minimum absolute atomic E-state index is 0.320. The van der Waals surface area contributed by atoms with Crippen molar-refractivity contribution in [1.29, 1.82) is 0 Å². The lowest BCUT2D eigenvalue weighted by Crippen LogP contribution is -2.25. The fourth-order valence-corrected chi connectivity index (χ4v) is 2.21. The van der Waals surface area contributed by atoms with Gasteiger partial charge in [0, 0.05) is 24.3 Å². The molecule has 1 heterocycles. The van der Waals surface area contributed by atoms with E-state index in [-0.39, 0.29) is 0 Å². The third kappa shape index (κ3) is 4.94. The highest BCUT2D eigenvalue weighted by molar-refractivity contribution is 7.99. The molecule has 0 bridgehead atoms. The summed E-state index contributed by atoms with van der Waals surface area (Å²) < 4.78 is 0. The van der Waals surface area contributed by atoms with Crippen LogP contribution < -0.4 is 5.32 Å². The highest BCUT2D eigenvalue weighted by atomic mass is 32.2. The van der Waals surface area contributed by atoms with Crippen molar-refractivity contribution in [2.24, 2.45) is 0 Å². The van der Waals surface area contributed by atoms with Crippen molar-refractivity contribution < 1.29 is 0 Å². The standard InChI is InChI=1S/C12H21N3S/c1-4-5-14-12(9-16-10(2)3)11-8-13-6-7-15-11/h6-8,10,12,14H,4-5,9H2,1-3H3. The van der Waals surface area contributed by atoms with E-state index in [1.165, 1.54) is 0 Å². The summed E-state index contributed by atoms with van der Waals surface area (Å²) in [5.74, 6) is 1.05. The Morgan fingerprint density at radius 2 is 2.19 bits per heavy atom. The van der Waals surface area contributed by atoms with Crippen LogP contribution in [0.15, 0.2) is 18.6 Å². The zero-order chi connectivity index (χ0) is 11.8. The molecule has 0 saturated heterocycles. The first-order valence-corrected chi connectivity index (χ1v) is 6.89. The first-order chi connectivity index (χ1) is 7.74. The highest BCUT2D eigenvalue weighted by Gasteiger charge is 2.12. The number of thioether (sulfide) groups is 1. The maximum Gasteiger partial charge on any atom is 0.0764 e. The molecule has 0 aliphatic rings. The topological polar surface area (TPSA) is 37.8 Å². The van der Waals surface area contributed by atoms with Crippen LogP contribution in [0.5, 0.6) is 0 Å². The van der Waals surface area contributed by atoms with Crippen LogP contribution in [-0.2, 0) is 0 Å². The molecule has 90 valence electrons. The monoisotopic (exact) mass is 239 g/mol. The summed E-state index contributed by atoms with van der Waals surface area (Å²) in [6.45, 7) is 7.65. The van der Waals surface area contributed by atoms with Crippen molar-refractivity contribution in [3.8, 4) is 0 Å². The Balaban J connectivity index is 2.56. The molecular weight excluding hydrogens is 218 g/mol. The predicted octanol–water partition coefficient (Wildman–Crippen LogP) is 2.66. The molecule has 1 aromatic rings. The Labute approximate surface area is 102 Å². The summed E-state index contributed by atoms with van der Waals surface area (Å²) in [6.07, 6.45) is 6.48. The second-order valence-corrected chi connectivity index (χ2v) is 5.63. The van der Waals surface area contributed by atoms with Gasteiger partial charge in [-0.3, -0.25) is 9.97 Å². The smallest absolute Gasteiger partial charge is 0.0764 e. The van der Waals surface area contributed by atoms with Crippen molar-refractivity contribution >= 4 is 11.8 Å². The lowest BCUT2D eigenvalue weighted by molar-refractivity contribution is 0.563. The molecule has 1 N–H and O–H groups in total. The summed E-state index contributed by atoms with van der Waals surface area (Å²) >= 11 is 1.95. The minimum Gasteiger partial charge on any atom is -0.308 e. The van der Waals surface area contributed by atoms with Gasteiger partial charge in [0.2, 0.25) is 0 Å². The molecular formula is C12H21N3S. The van der Waals surface area contributed by atoms with Gasteiger partial charge in [-0.1, -0.05) is 20.8 Å². The molecule has 16 heavy (non-hydrogen) atoms.